The molecule has 0 radical (unpaired) electrons. The van der Waals surface area contributed by atoms with Crippen LogP contribution < -0.4 is 5.32 Å². The molecule has 22 heavy (non-hydrogen) atoms. The Labute approximate surface area is 131 Å². The molecule has 0 aliphatic heterocycles. The van der Waals surface area contributed by atoms with Crippen LogP contribution in [0.4, 0.5) is 0 Å². The standard InChI is InChI=1S/C17H23N3O2/c1-4-14-13(15(5-2)20(3)19-14)11-18-16(17(21)22)12-9-7-6-8-10-12/h6-10,16,18H,4-5,11H2,1-3H3,(H,21,22)/t16-/m0/s1. The highest BCUT2D eigenvalue weighted by Crippen LogP contribution is 2.18. The summed E-state index contributed by atoms with van der Waals surface area (Å²) < 4.78 is 1.90. The van der Waals surface area contributed by atoms with Gasteiger partial charge in [-0.1, -0.05) is 44.2 Å². The average Bonchev–Trinajstić information content (AvgIpc) is 2.83. The van der Waals surface area contributed by atoms with Crippen LogP contribution in [0.25, 0.3) is 0 Å². The Morgan fingerprint density at radius 1 is 1.27 bits per heavy atom. The van der Waals surface area contributed by atoms with Crippen molar-refractivity contribution in [2.24, 2.45) is 7.05 Å². The Morgan fingerprint density at radius 2 is 1.95 bits per heavy atom. The summed E-state index contributed by atoms with van der Waals surface area (Å²) in [5, 5.41) is 17.2. The molecule has 2 rings (SSSR count). The van der Waals surface area contributed by atoms with Crippen molar-refractivity contribution in [1.29, 1.82) is 0 Å². The molecular formula is C17H23N3O2. The van der Waals surface area contributed by atoms with Gasteiger partial charge in [0.05, 0.1) is 5.69 Å². The number of rotatable bonds is 7. The van der Waals surface area contributed by atoms with Crippen molar-refractivity contribution < 1.29 is 9.90 Å². The largest absolute Gasteiger partial charge is 0.480 e. The predicted molar refractivity (Wildman–Crippen MR) is 85.6 cm³/mol. The Bertz CT molecular complexity index is 635. The van der Waals surface area contributed by atoms with E-state index in [9.17, 15) is 9.90 Å². The number of aliphatic carboxylic acids is 1. The van der Waals surface area contributed by atoms with Gasteiger partial charge in [-0.25, -0.2) is 0 Å². The molecule has 0 saturated carbocycles. The average molecular weight is 301 g/mol. The van der Waals surface area contributed by atoms with E-state index in [1.54, 1.807) is 0 Å². The number of nitrogens with zero attached hydrogens (tertiary/aromatic N) is 2. The normalized spacial score (nSPS) is 12.3. The van der Waals surface area contributed by atoms with Crippen LogP contribution in [0, 0.1) is 0 Å². The fourth-order valence-corrected chi connectivity index (χ4v) is 2.79. The number of aromatic nitrogens is 2. The third-order valence-corrected chi connectivity index (χ3v) is 3.89. The number of nitrogens with one attached hydrogen (secondary N) is 1. The number of carbonyl (C=O) groups is 1. The first-order chi connectivity index (χ1) is 10.6. The van der Waals surface area contributed by atoms with Crippen LogP contribution in [0.1, 0.15) is 42.4 Å². The van der Waals surface area contributed by atoms with Gasteiger partial charge in [0.1, 0.15) is 6.04 Å². The van der Waals surface area contributed by atoms with Crippen molar-refractivity contribution in [3.05, 3.63) is 52.8 Å². The van der Waals surface area contributed by atoms with Gasteiger partial charge in [-0.15, -0.1) is 0 Å². The van der Waals surface area contributed by atoms with Gasteiger partial charge < -0.3 is 5.11 Å². The lowest BCUT2D eigenvalue weighted by atomic mass is 10.1. The second-order valence-electron chi connectivity index (χ2n) is 5.27. The maximum Gasteiger partial charge on any atom is 0.325 e. The molecule has 0 bridgehead atoms. The molecule has 1 atom stereocenters. The maximum absolute atomic E-state index is 11.6. The molecule has 2 N–H and O–H groups in total. The molecule has 0 aliphatic rings. The third-order valence-electron chi connectivity index (χ3n) is 3.89. The zero-order chi connectivity index (χ0) is 16.1. The van der Waals surface area contributed by atoms with Gasteiger partial charge in [0.2, 0.25) is 0 Å². The molecule has 0 aliphatic carbocycles. The SMILES string of the molecule is CCc1nn(C)c(CC)c1CN[C@H](C(=O)O)c1ccccc1. The smallest absolute Gasteiger partial charge is 0.325 e. The number of aryl methyl sites for hydroxylation is 2. The lowest BCUT2D eigenvalue weighted by molar-refractivity contribution is -0.139. The van der Waals surface area contributed by atoms with Gasteiger partial charge in [0.25, 0.3) is 0 Å². The van der Waals surface area contributed by atoms with Gasteiger partial charge in [-0.05, 0) is 18.4 Å². The van der Waals surface area contributed by atoms with Crippen LogP contribution >= 0.6 is 0 Å². The highest BCUT2D eigenvalue weighted by atomic mass is 16.4. The zero-order valence-corrected chi connectivity index (χ0v) is 13.3. The first-order valence-corrected chi connectivity index (χ1v) is 7.63. The van der Waals surface area contributed by atoms with Crippen molar-refractivity contribution in [3.63, 3.8) is 0 Å². The minimum absolute atomic E-state index is 0.506. The molecule has 5 nitrogen and oxygen atoms in total. The minimum atomic E-state index is -0.869. The van der Waals surface area contributed by atoms with E-state index in [1.807, 2.05) is 42.1 Å². The van der Waals surface area contributed by atoms with Crippen LogP contribution in [0.15, 0.2) is 30.3 Å². The van der Waals surface area contributed by atoms with E-state index >= 15 is 0 Å². The lowest BCUT2D eigenvalue weighted by Gasteiger charge is -2.15. The fourth-order valence-electron chi connectivity index (χ4n) is 2.79. The topological polar surface area (TPSA) is 67.2 Å². The van der Waals surface area contributed by atoms with Crippen LogP contribution in [0.5, 0.6) is 0 Å². The zero-order valence-electron chi connectivity index (χ0n) is 13.3. The van der Waals surface area contributed by atoms with Crippen molar-refractivity contribution in [3.8, 4) is 0 Å². The summed E-state index contributed by atoms with van der Waals surface area (Å²) in [7, 11) is 1.94. The Balaban J connectivity index is 2.22. The van der Waals surface area contributed by atoms with Crippen LogP contribution in [0.3, 0.4) is 0 Å². The quantitative estimate of drug-likeness (QED) is 0.824. The Kier molecular flexibility index (Phi) is 5.33. The summed E-state index contributed by atoms with van der Waals surface area (Å²) in [5.41, 5.74) is 4.07. The highest BCUT2D eigenvalue weighted by molar-refractivity contribution is 5.75. The van der Waals surface area contributed by atoms with Crippen molar-refractivity contribution in [2.75, 3.05) is 0 Å². The maximum atomic E-state index is 11.6. The van der Waals surface area contributed by atoms with Gasteiger partial charge in [-0.3, -0.25) is 14.8 Å². The first-order valence-electron chi connectivity index (χ1n) is 7.63. The predicted octanol–water partition coefficient (Wildman–Crippen LogP) is 2.46. The summed E-state index contributed by atoms with van der Waals surface area (Å²) >= 11 is 0. The summed E-state index contributed by atoms with van der Waals surface area (Å²) in [6.45, 7) is 4.66. The number of benzene rings is 1. The van der Waals surface area contributed by atoms with E-state index in [1.165, 1.54) is 0 Å². The van der Waals surface area contributed by atoms with Gasteiger partial charge in [-0.2, -0.15) is 5.10 Å². The van der Waals surface area contributed by atoms with E-state index < -0.39 is 12.0 Å². The van der Waals surface area contributed by atoms with Gasteiger partial charge >= 0.3 is 5.97 Å². The number of hydrogen-bond donors (Lipinski definition) is 2. The molecule has 1 aromatic carbocycles. The molecule has 118 valence electrons. The van der Waals surface area contributed by atoms with E-state index in [0.29, 0.717) is 6.54 Å². The van der Waals surface area contributed by atoms with E-state index in [2.05, 4.69) is 24.3 Å². The second-order valence-corrected chi connectivity index (χ2v) is 5.27. The lowest BCUT2D eigenvalue weighted by Crippen LogP contribution is -2.28. The molecule has 0 saturated heterocycles. The third kappa shape index (κ3) is 3.36. The van der Waals surface area contributed by atoms with E-state index in [4.69, 9.17) is 0 Å². The Morgan fingerprint density at radius 3 is 2.50 bits per heavy atom. The molecule has 0 amide bonds. The molecule has 5 heteroatoms. The van der Waals surface area contributed by atoms with Crippen LogP contribution in [0.2, 0.25) is 0 Å². The summed E-state index contributed by atoms with van der Waals surface area (Å²) in [4.78, 5) is 11.6. The number of carboxylic acids is 1. The van der Waals surface area contributed by atoms with Gasteiger partial charge in [0, 0.05) is 24.8 Å². The molecule has 1 aromatic heterocycles. The Hall–Kier alpha value is -2.14. The van der Waals surface area contributed by atoms with Crippen molar-refractivity contribution in [2.45, 2.75) is 39.3 Å². The molecule has 1 heterocycles. The molecule has 2 aromatic rings. The van der Waals surface area contributed by atoms with E-state index in [-0.39, 0.29) is 0 Å². The molecule has 0 spiro atoms. The first kappa shape index (κ1) is 16.2. The van der Waals surface area contributed by atoms with E-state index in [0.717, 1.165) is 35.4 Å². The fraction of sp³-hybridized carbons (Fsp3) is 0.412. The summed E-state index contributed by atoms with van der Waals surface area (Å²) in [6.07, 6.45) is 1.72. The molecule has 0 fully saturated rings. The number of carboxylic acid groups (broad SMARTS) is 1. The highest BCUT2D eigenvalue weighted by Gasteiger charge is 2.21. The second kappa shape index (κ2) is 7.22. The minimum Gasteiger partial charge on any atom is -0.480 e. The summed E-state index contributed by atoms with van der Waals surface area (Å²) in [5.74, 6) is -0.869. The summed E-state index contributed by atoms with van der Waals surface area (Å²) in [6, 6.07) is 8.54. The molecule has 0 unspecified atom stereocenters. The number of hydrogen-bond acceptors (Lipinski definition) is 3. The van der Waals surface area contributed by atoms with Crippen LogP contribution in [-0.4, -0.2) is 20.9 Å². The molecular weight excluding hydrogens is 278 g/mol. The van der Waals surface area contributed by atoms with Crippen LogP contribution in [-0.2, 0) is 31.2 Å². The van der Waals surface area contributed by atoms with Crippen molar-refractivity contribution in [1.82, 2.24) is 15.1 Å². The monoisotopic (exact) mass is 301 g/mol. The van der Waals surface area contributed by atoms with Crippen molar-refractivity contribution >= 4 is 5.97 Å². The van der Waals surface area contributed by atoms with Gasteiger partial charge in [0.15, 0.2) is 0 Å².